The number of aromatic amines is 1. The van der Waals surface area contributed by atoms with Gasteiger partial charge in [0.1, 0.15) is 29.6 Å². The molecule has 0 bridgehead atoms. The Morgan fingerprint density at radius 2 is 2.09 bits per heavy atom. The molecule has 172 valence electrons. The number of aromatic nitrogens is 4. The van der Waals surface area contributed by atoms with Gasteiger partial charge in [-0.25, -0.2) is 9.97 Å². The Kier molecular flexibility index (Phi) is 5.39. The summed E-state index contributed by atoms with van der Waals surface area (Å²) in [7, 11) is 0. The Labute approximate surface area is 202 Å². The van der Waals surface area contributed by atoms with Gasteiger partial charge in [-0.2, -0.15) is 0 Å². The third-order valence-electron chi connectivity index (χ3n) is 5.59. The standard InChI is InChI=1S/C24H20N4O4S2/c1-2-28-16(14-5-6-18-19(10-14)32-9-8-31-18)11-25-24(28)34-13-20-26-22(29)21-15(12-33-23(21)27-20)17-4-3-7-30-17/h3-7,10-12H,2,8-9,13H2,1H3,(H,26,27,29). The molecule has 0 radical (unpaired) electrons. The first-order valence-electron chi connectivity index (χ1n) is 10.8. The van der Waals surface area contributed by atoms with Crippen molar-refractivity contribution < 1.29 is 13.9 Å². The number of rotatable bonds is 6. The van der Waals surface area contributed by atoms with Crippen LogP contribution in [0.3, 0.4) is 0 Å². The van der Waals surface area contributed by atoms with E-state index in [0.29, 0.717) is 40.8 Å². The summed E-state index contributed by atoms with van der Waals surface area (Å²) >= 11 is 2.98. The van der Waals surface area contributed by atoms with Crippen molar-refractivity contribution in [2.45, 2.75) is 24.4 Å². The highest BCUT2D eigenvalue weighted by molar-refractivity contribution is 7.98. The predicted octanol–water partition coefficient (Wildman–Crippen LogP) is 5.19. The number of H-pyrrole nitrogens is 1. The van der Waals surface area contributed by atoms with E-state index in [-0.39, 0.29) is 5.56 Å². The first kappa shape index (κ1) is 21.1. The molecule has 6 rings (SSSR count). The minimum atomic E-state index is -0.163. The van der Waals surface area contributed by atoms with Crippen LogP contribution in [-0.2, 0) is 12.3 Å². The van der Waals surface area contributed by atoms with Gasteiger partial charge in [0.05, 0.1) is 29.3 Å². The number of nitrogens with one attached hydrogen (secondary N) is 1. The molecular weight excluding hydrogens is 472 g/mol. The zero-order chi connectivity index (χ0) is 23.1. The van der Waals surface area contributed by atoms with Gasteiger partial charge in [-0.1, -0.05) is 11.8 Å². The predicted molar refractivity (Wildman–Crippen MR) is 132 cm³/mol. The number of thioether (sulfide) groups is 1. The maximum Gasteiger partial charge on any atom is 0.260 e. The Morgan fingerprint density at radius 1 is 1.21 bits per heavy atom. The fraction of sp³-hybridized carbons (Fsp3) is 0.208. The molecule has 0 atom stereocenters. The third-order valence-corrected chi connectivity index (χ3v) is 7.46. The molecule has 0 fully saturated rings. The van der Waals surface area contributed by atoms with E-state index in [1.54, 1.807) is 24.1 Å². The summed E-state index contributed by atoms with van der Waals surface area (Å²) in [6, 6.07) is 9.60. The molecule has 0 amide bonds. The monoisotopic (exact) mass is 492 g/mol. The largest absolute Gasteiger partial charge is 0.486 e. The number of imidazole rings is 1. The number of hydrogen-bond donors (Lipinski definition) is 1. The average molecular weight is 493 g/mol. The lowest BCUT2D eigenvalue weighted by Gasteiger charge is -2.19. The van der Waals surface area contributed by atoms with Crippen LogP contribution in [0.15, 0.2) is 62.5 Å². The molecule has 1 aromatic carbocycles. The smallest absolute Gasteiger partial charge is 0.260 e. The number of furan rings is 1. The lowest BCUT2D eigenvalue weighted by molar-refractivity contribution is 0.171. The highest BCUT2D eigenvalue weighted by atomic mass is 32.2. The molecule has 4 aromatic heterocycles. The molecule has 1 aliphatic rings. The number of thiophene rings is 1. The van der Waals surface area contributed by atoms with Crippen LogP contribution < -0.4 is 15.0 Å². The molecule has 0 spiro atoms. The summed E-state index contributed by atoms with van der Waals surface area (Å²) in [4.78, 5) is 25.8. The van der Waals surface area contributed by atoms with E-state index in [1.165, 1.54) is 11.3 Å². The van der Waals surface area contributed by atoms with E-state index in [0.717, 1.165) is 40.0 Å². The second-order valence-corrected chi connectivity index (χ2v) is 9.44. The van der Waals surface area contributed by atoms with Gasteiger partial charge < -0.3 is 23.4 Å². The van der Waals surface area contributed by atoms with Gasteiger partial charge in [0, 0.05) is 23.1 Å². The van der Waals surface area contributed by atoms with E-state index in [4.69, 9.17) is 13.9 Å². The van der Waals surface area contributed by atoms with Crippen molar-refractivity contribution in [2.24, 2.45) is 0 Å². The second kappa shape index (κ2) is 8.69. The molecule has 1 aliphatic heterocycles. The fourth-order valence-electron chi connectivity index (χ4n) is 4.02. The molecule has 0 aliphatic carbocycles. The van der Waals surface area contributed by atoms with Crippen molar-refractivity contribution in [3.05, 3.63) is 64.4 Å². The maximum atomic E-state index is 12.8. The number of fused-ring (bicyclic) bond motifs is 2. The van der Waals surface area contributed by atoms with Gasteiger partial charge in [0.25, 0.3) is 5.56 Å². The Bertz CT molecular complexity index is 1530. The molecule has 8 nitrogen and oxygen atoms in total. The molecule has 5 aromatic rings. The van der Waals surface area contributed by atoms with Gasteiger partial charge in [0.2, 0.25) is 0 Å². The first-order chi connectivity index (χ1) is 16.7. The lowest BCUT2D eigenvalue weighted by atomic mass is 10.1. The summed E-state index contributed by atoms with van der Waals surface area (Å²) in [6.07, 6.45) is 3.46. The molecule has 10 heteroatoms. The summed E-state index contributed by atoms with van der Waals surface area (Å²) in [5, 5.41) is 3.33. The van der Waals surface area contributed by atoms with Crippen molar-refractivity contribution >= 4 is 33.3 Å². The molecule has 0 saturated heterocycles. The summed E-state index contributed by atoms with van der Waals surface area (Å²) in [5.41, 5.74) is 2.62. The third kappa shape index (κ3) is 3.68. The van der Waals surface area contributed by atoms with Crippen LogP contribution in [-0.4, -0.2) is 32.7 Å². The zero-order valence-corrected chi connectivity index (χ0v) is 19.9. The highest BCUT2D eigenvalue weighted by Crippen LogP contribution is 2.36. The van der Waals surface area contributed by atoms with E-state index in [2.05, 4.69) is 26.4 Å². The second-order valence-electron chi connectivity index (χ2n) is 7.64. The van der Waals surface area contributed by atoms with E-state index in [1.807, 2.05) is 35.8 Å². The molecule has 0 saturated carbocycles. The lowest BCUT2D eigenvalue weighted by Crippen LogP contribution is -2.15. The molecule has 0 unspecified atom stereocenters. The normalized spacial score (nSPS) is 13.0. The molecule has 34 heavy (non-hydrogen) atoms. The summed E-state index contributed by atoms with van der Waals surface area (Å²) in [6.45, 7) is 3.96. The van der Waals surface area contributed by atoms with E-state index in [9.17, 15) is 4.79 Å². The quantitative estimate of drug-likeness (QED) is 0.326. The average Bonchev–Trinajstić information content (AvgIpc) is 3.61. The van der Waals surface area contributed by atoms with Crippen LogP contribution in [0.2, 0.25) is 0 Å². The Hall–Kier alpha value is -3.50. The maximum absolute atomic E-state index is 12.8. The Morgan fingerprint density at radius 3 is 2.91 bits per heavy atom. The van der Waals surface area contributed by atoms with Gasteiger partial charge in [0.15, 0.2) is 16.7 Å². The van der Waals surface area contributed by atoms with E-state index >= 15 is 0 Å². The van der Waals surface area contributed by atoms with Gasteiger partial charge in [-0.15, -0.1) is 11.3 Å². The minimum absolute atomic E-state index is 0.163. The summed E-state index contributed by atoms with van der Waals surface area (Å²) < 4.78 is 19.0. The van der Waals surface area contributed by atoms with E-state index < -0.39 is 0 Å². The molecular formula is C24H20N4O4S2. The number of ether oxygens (including phenoxy) is 2. The summed E-state index contributed by atoms with van der Waals surface area (Å²) in [5.74, 6) is 3.29. The van der Waals surface area contributed by atoms with Crippen LogP contribution in [0.5, 0.6) is 11.5 Å². The van der Waals surface area contributed by atoms with Crippen molar-refractivity contribution in [1.29, 1.82) is 0 Å². The van der Waals surface area contributed by atoms with Crippen molar-refractivity contribution in [3.8, 4) is 34.1 Å². The molecule has 1 N–H and O–H groups in total. The van der Waals surface area contributed by atoms with Crippen LogP contribution in [0.1, 0.15) is 12.7 Å². The Balaban J connectivity index is 1.26. The van der Waals surface area contributed by atoms with Crippen LogP contribution in [0.4, 0.5) is 0 Å². The number of nitrogens with zero attached hydrogens (tertiary/aromatic N) is 3. The molecule has 5 heterocycles. The zero-order valence-electron chi connectivity index (χ0n) is 18.2. The van der Waals surface area contributed by atoms with Crippen molar-refractivity contribution in [1.82, 2.24) is 19.5 Å². The van der Waals surface area contributed by atoms with Crippen LogP contribution in [0.25, 0.3) is 32.8 Å². The first-order valence-corrected chi connectivity index (χ1v) is 12.7. The highest BCUT2D eigenvalue weighted by Gasteiger charge is 2.18. The fourth-order valence-corrected chi connectivity index (χ4v) is 5.88. The van der Waals surface area contributed by atoms with Gasteiger partial charge >= 0.3 is 0 Å². The topological polar surface area (TPSA) is 95.2 Å². The van der Waals surface area contributed by atoms with Crippen molar-refractivity contribution in [2.75, 3.05) is 13.2 Å². The van der Waals surface area contributed by atoms with Gasteiger partial charge in [-0.05, 0) is 37.3 Å². The van der Waals surface area contributed by atoms with Crippen LogP contribution in [0, 0.1) is 0 Å². The van der Waals surface area contributed by atoms with Crippen LogP contribution >= 0.6 is 23.1 Å². The number of benzene rings is 1. The SMILES string of the molecule is CCn1c(-c2ccc3c(c2)OCCO3)cnc1SCc1nc2scc(-c3ccco3)c2c(=O)[nH]1. The van der Waals surface area contributed by atoms with Crippen molar-refractivity contribution in [3.63, 3.8) is 0 Å². The van der Waals surface area contributed by atoms with Gasteiger partial charge in [-0.3, -0.25) is 4.79 Å². The minimum Gasteiger partial charge on any atom is -0.486 e. The number of hydrogen-bond acceptors (Lipinski definition) is 8.